The molecule has 2 bridgehead atoms. The van der Waals surface area contributed by atoms with Crippen LogP contribution in [0.2, 0.25) is 0 Å². The van der Waals surface area contributed by atoms with Gasteiger partial charge < -0.3 is 4.74 Å². The van der Waals surface area contributed by atoms with Gasteiger partial charge in [0.1, 0.15) is 6.10 Å². The average molecular weight is 152 g/mol. The lowest BCUT2D eigenvalue weighted by molar-refractivity contribution is -0.156. The van der Waals surface area contributed by atoms with E-state index < -0.39 is 0 Å². The molecule has 0 aromatic carbocycles. The SMILES string of the molecule is O=C1CC2CC(C=CC2=O)O1. The summed E-state index contributed by atoms with van der Waals surface area (Å²) >= 11 is 0. The van der Waals surface area contributed by atoms with E-state index in [2.05, 4.69) is 0 Å². The van der Waals surface area contributed by atoms with Crippen LogP contribution in [0.15, 0.2) is 12.2 Å². The fraction of sp³-hybridized carbons (Fsp3) is 0.500. The number of carbonyl (C=O) groups excluding carboxylic acids is 2. The molecule has 1 aliphatic heterocycles. The first-order valence-corrected chi connectivity index (χ1v) is 3.67. The maximum atomic E-state index is 11.1. The van der Waals surface area contributed by atoms with E-state index in [4.69, 9.17) is 4.74 Å². The van der Waals surface area contributed by atoms with Crippen LogP contribution in [0, 0.1) is 5.92 Å². The van der Waals surface area contributed by atoms with Crippen LogP contribution in [-0.4, -0.2) is 17.9 Å². The highest BCUT2D eigenvalue weighted by atomic mass is 16.5. The van der Waals surface area contributed by atoms with E-state index in [-0.39, 0.29) is 30.2 Å². The van der Waals surface area contributed by atoms with Gasteiger partial charge in [-0.1, -0.05) is 0 Å². The number of hydrogen-bond donors (Lipinski definition) is 0. The lowest BCUT2D eigenvalue weighted by Gasteiger charge is -2.28. The third-order valence-electron chi connectivity index (χ3n) is 2.09. The highest BCUT2D eigenvalue weighted by Gasteiger charge is 2.33. The number of ketones is 1. The minimum Gasteiger partial charge on any atom is -0.458 e. The number of carbonyl (C=O) groups is 2. The predicted molar refractivity (Wildman–Crippen MR) is 36.8 cm³/mol. The molecule has 0 saturated carbocycles. The minimum atomic E-state index is -0.246. The van der Waals surface area contributed by atoms with Crippen molar-refractivity contribution in [3.8, 4) is 0 Å². The van der Waals surface area contributed by atoms with Crippen LogP contribution < -0.4 is 0 Å². The molecule has 2 rings (SSSR count). The van der Waals surface area contributed by atoms with Crippen LogP contribution in [-0.2, 0) is 14.3 Å². The monoisotopic (exact) mass is 152 g/mol. The van der Waals surface area contributed by atoms with Crippen molar-refractivity contribution in [2.24, 2.45) is 5.92 Å². The number of ether oxygens (including phenoxy) is 1. The van der Waals surface area contributed by atoms with Crippen molar-refractivity contribution >= 4 is 11.8 Å². The second-order valence-corrected chi connectivity index (χ2v) is 2.93. The maximum Gasteiger partial charge on any atom is 0.307 e. The summed E-state index contributed by atoms with van der Waals surface area (Å²) in [7, 11) is 0. The van der Waals surface area contributed by atoms with Crippen molar-refractivity contribution in [1.29, 1.82) is 0 Å². The number of rotatable bonds is 0. The van der Waals surface area contributed by atoms with Crippen molar-refractivity contribution in [2.45, 2.75) is 18.9 Å². The van der Waals surface area contributed by atoms with Crippen molar-refractivity contribution < 1.29 is 14.3 Å². The Morgan fingerprint density at radius 2 is 2.27 bits per heavy atom. The molecule has 1 heterocycles. The van der Waals surface area contributed by atoms with E-state index >= 15 is 0 Å². The zero-order valence-electron chi connectivity index (χ0n) is 5.95. The average Bonchev–Trinajstić information content (AvgIpc) is 1.97. The van der Waals surface area contributed by atoms with Crippen molar-refractivity contribution in [1.82, 2.24) is 0 Å². The van der Waals surface area contributed by atoms with E-state index in [1.54, 1.807) is 6.08 Å². The van der Waals surface area contributed by atoms with Gasteiger partial charge >= 0.3 is 5.97 Å². The molecule has 1 aliphatic carbocycles. The molecule has 11 heavy (non-hydrogen) atoms. The summed E-state index contributed by atoms with van der Waals surface area (Å²) in [6.07, 6.45) is 3.99. The molecule has 2 unspecified atom stereocenters. The quantitative estimate of drug-likeness (QED) is 0.473. The van der Waals surface area contributed by atoms with E-state index in [9.17, 15) is 9.59 Å². The first kappa shape index (κ1) is 6.58. The van der Waals surface area contributed by atoms with Gasteiger partial charge in [-0.05, 0) is 18.6 Å². The lowest BCUT2D eigenvalue weighted by atomic mass is 9.87. The third-order valence-corrected chi connectivity index (χ3v) is 2.09. The first-order valence-electron chi connectivity index (χ1n) is 3.67. The Bertz CT molecular complexity index is 242. The summed E-state index contributed by atoms with van der Waals surface area (Å²) in [6, 6.07) is 0. The number of hydrogen-bond acceptors (Lipinski definition) is 3. The summed E-state index contributed by atoms with van der Waals surface area (Å²) in [5.74, 6) is -0.284. The molecule has 2 aliphatic rings. The van der Waals surface area contributed by atoms with Crippen molar-refractivity contribution in [3.63, 3.8) is 0 Å². The summed E-state index contributed by atoms with van der Waals surface area (Å²) in [4.78, 5) is 21.9. The van der Waals surface area contributed by atoms with Gasteiger partial charge in [-0.2, -0.15) is 0 Å². The zero-order valence-corrected chi connectivity index (χ0v) is 5.95. The Morgan fingerprint density at radius 1 is 1.45 bits per heavy atom. The second kappa shape index (κ2) is 2.19. The topological polar surface area (TPSA) is 43.4 Å². The number of fused-ring (bicyclic) bond motifs is 2. The molecule has 0 aromatic heterocycles. The van der Waals surface area contributed by atoms with Gasteiger partial charge in [-0.15, -0.1) is 0 Å². The molecule has 0 aromatic rings. The Kier molecular flexibility index (Phi) is 1.31. The van der Waals surface area contributed by atoms with Gasteiger partial charge in [0.15, 0.2) is 5.78 Å². The molecule has 0 spiro atoms. The molecular formula is C8H8O3. The first-order chi connectivity index (χ1) is 5.25. The maximum absolute atomic E-state index is 11.1. The van der Waals surface area contributed by atoms with Crippen molar-refractivity contribution in [2.75, 3.05) is 0 Å². The Labute approximate surface area is 64.0 Å². The van der Waals surface area contributed by atoms with Crippen LogP contribution in [0.1, 0.15) is 12.8 Å². The molecule has 0 radical (unpaired) electrons. The summed E-state index contributed by atoms with van der Waals surface area (Å²) < 4.78 is 4.93. The standard InChI is InChI=1S/C8H8O3/c9-7-2-1-6-3-5(7)4-8(10)11-6/h1-2,5-6H,3-4H2. The van der Waals surface area contributed by atoms with Gasteiger partial charge in [-0.25, -0.2) is 0 Å². The molecule has 1 fully saturated rings. The van der Waals surface area contributed by atoms with Crippen LogP contribution in [0.5, 0.6) is 0 Å². The largest absolute Gasteiger partial charge is 0.458 e. The van der Waals surface area contributed by atoms with Crippen molar-refractivity contribution in [3.05, 3.63) is 12.2 Å². The molecule has 0 N–H and O–H groups in total. The molecule has 3 heteroatoms. The van der Waals surface area contributed by atoms with Crippen LogP contribution in [0.25, 0.3) is 0 Å². The molecule has 0 amide bonds. The lowest BCUT2D eigenvalue weighted by Crippen LogP contribution is -2.34. The summed E-state index contributed by atoms with van der Waals surface area (Å²) in [6.45, 7) is 0. The van der Waals surface area contributed by atoms with Gasteiger partial charge in [-0.3, -0.25) is 9.59 Å². The van der Waals surface area contributed by atoms with Crippen LogP contribution >= 0.6 is 0 Å². The fourth-order valence-electron chi connectivity index (χ4n) is 1.50. The molecule has 1 saturated heterocycles. The van der Waals surface area contributed by atoms with E-state index in [0.717, 1.165) is 0 Å². The normalized spacial score (nSPS) is 35.3. The minimum absolute atomic E-state index is 0.0675. The van der Waals surface area contributed by atoms with Gasteiger partial charge in [0.05, 0.1) is 6.42 Å². The Balaban J connectivity index is 2.26. The predicted octanol–water partition coefficient (Wildman–Crippen LogP) is 0.447. The smallest absolute Gasteiger partial charge is 0.307 e. The number of esters is 1. The van der Waals surface area contributed by atoms with Gasteiger partial charge in [0.25, 0.3) is 0 Å². The zero-order chi connectivity index (χ0) is 7.84. The fourth-order valence-corrected chi connectivity index (χ4v) is 1.50. The van der Waals surface area contributed by atoms with E-state index in [0.29, 0.717) is 6.42 Å². The van der Waals surface area contributed by atoms with E-state index in [1.165, 1.54) is 6.08 Å². The third kappa shape index (κ3) is 1.06. The van der Waals surface area contributed by atoms with Crippen LogP contribution in [0.4, 0.5) is 0 Å². The highest BCUT2D eigenvalue weighted by molar-refractivity contribution is 5.95. The Morgan fingerprint density at radius 3 is 3.09 bits per heavy atom. The Hall–Kier alpha value is -1.12. The molecule has 58 valence electrons. The van der Waals surface area contributed by atoms with Gasteiger partial charge in [0, 0.05) is 5.92 Å². The van der Waals surface area contributed by atoms with Gasteiger partial charge in [0.2, 0.25) is 0 Å². The number of allylic oxidation sites excluding steroid dienone is 1. The van der Waals surface area contributed by atoms with Crippen LogP contribution in [0.3, 0.4) is 0 Å². The second-order valence-electron chi connectivity index (χ2n) is 2.93. The summed E-state index contributed by atoms with van der Waals surface area (Å²) in [5.41, 5.74) is 0. The van der Waals surface area contributed by atoms with E-state index in [1.807, 2.05) is 0 Å². The highest BCUT2D eigenvalue weighted by Crippen LogP contribution is 2.26. The molecule has 2 atom stereocenters. The summed E-state index contributed by atoms with van der Waals surface area (Å²) in [5, 5.41) is 0. The molecule has 3 nitrogen and oxygen atoms in total. The molecular weight excluding hydrogens is 144 g/mol.